The molecule has 1 aromatic carbocycles. The average molecular weight is 472 g/mol. The normalized spacial score (nSPS) is 21.0. The third-order valence-electron chi connectivity index (χ3n) is 6.78. The minimum atomic E-state index is -0.547. The second kappa shape index (κ2) is 10.2. The Kier molecular flexibility index (Phi) is 7.33. The molecular weight excluding hydrogens is 437 g/mol. The maximum absolute atomic E-state index is 14.4. The lowest BCUT2D eigenvalue weighted by atomic mass is 9.96. The molecule has 2 N–H and O–H groups in total. The van der Waals surface area contributed by atoms with E-state index in [1.54, 1.807) is 12.1 Å². The lowest BCUT2D eigenvalue weighted by Crippen LogP contribution is -2.51. The molecule has 9 heteroatoms. The van der Waals surface area contributed by atoms with Crippen molar-refractivity contribution in [2.24, 2.45) is 0 Å². The van der Waals surface area contributed by atoms with Crippen LogP contribution in [-0.2, 0) is 4.79 Å². The largest absolute Gasteiger partial charge is 0.494 e. The Morgan fingerprint density at radius 2 is 2.00 bits per heavy atom. The molecule has 0 bridgehead atoms. The van der Waals surface area contributed by atoms with Crippen molar-refractivity contribution >= 4 is 11.7 Å². The first-order valence-electron chi connectivity index (χ1n) is 11.9. The molecule has 4 rings (SSSR count). The predicted molar refractivity (Wildman–Crippen MR) is 128 cm³/mol. The number of methoxy groups -OCH3 is 1. The van der Waals surface area contributed by atoms with Crippen molar-refractivity contribution in [2.45, 2.75) is 51.2 Å². The summed E-state index contributed by atoms with van der Waals surface area (Å²) in [4.78, 5) is 26.4. The summed E-state index contributed by atoms with van der Waals surface area (Å²) in [6.45, 7) is 8.93. The zero-order valence-corrected chi connectivity index (χ0v) is 20.3. The lowest BCUT2D eigenvalue weighted by Gasteiger charge is -2.38. The highest BCUT2D eigenvalue weighted by Crippen LogP contribution is 2.42. The Morgan fingerprint density at radius 3 is 2.65 bits per heavy atom. The third-order valence-corrected chi connectivity index (χ3v) is 6.78. The van der Waals surface area contributed by atoms with Crippen molar-refractivity contribution in [2.75, 3.05) is 44.7 Å². The molecule has 1 amide bonds. The number of carbonyl (C=O) groups excluding carboxylic acids is 1. The van der Waals surface area contributed by atoms with Crippen LogP contribution in [0, 0.1) is 5.82 Å². The van der Waals surface area contributed by atoms with Gasteiger partial charge in [-0.15, -0.1) is 0 Å². The molecule has 2 heterocycles. The van der Waals surface area contributed by atoms with Gasteiger partial charge >= 0.3 is 0 Å². The van der Waals surface area contributed by atoms with Gasteiger partial charge in [-0.3, -0.25) is 4.79 Å². The Balaban J connectivity index is 1.49. The van der Waals surface area contributed by atoms with Crippen LogP contribution in [0.3, 0.4) is 0 Å². The van der Waals surface area contributed by atoms with Crippen LogP contribution in [-0.4, -0.2) is 71.8 Å². The maximum Gasteiger partial charge on any atom is 0.231 e. The molecule has 1 saturated heterocycles. The molecule has 0 radical (unpaired) electrons. The van der Waals surface area contributed by atoms with E-state index in [0.717, 1.165) is 17.1 Å². The molecule has 1 aliphatic heterocycles. The third kappa shape index (κ3) is 4.86. The molecule has 1 aromatic heterocycles. The van der Waals surface area contributed by atoms with Gasteiger partial charge in [0.1, 0.15) is 12.1 Å². The van der Waals surface area contributed by atoms with Gasteiger partial charge < -0.3 is 25.0 Å². The molecule has 1 unspecified atom stereocenters. The van der Waals surface area contributed by atoms with Crippen LogP contribution in [0.2, 0.25) is 0 Å². The van der Waals surface area contributed by atoms with Gasteiger partial charge in [0.05, 0.1) is 24.8 Å². The SMILES string of the molecule is COc1ccc(C(CNC(C)C)C(=O)N2CCN(c3ncnc4c3[C@H](C)C[C@H]4O)CC2)cc1F. The van der Waals surface area contributed by atoms with Gasteiger partial charge in [0.15, 0.2) is 11.6 Å². The van der Waals surface area contributed by atoms with Gasteiger partial charge in [-0.2, -0.15) is 0 Å². The highest BCUT2D eigenvalue weighted by Gasteiger charge is 2.35. The maximum atomic E-state index is 14.4. The number of fused-ring (bicyclic) bond motifs is 1. The Hall–Kier alpha value is -2.78. The fourth-order valence-electron chi connectivity index (χ4n) is 4.91. The van der Waals surface area contributed by atoms with E-state index in [-0.39, 0.29) is 23.6 Å². The van der Waals surface area contributed by atoms with Crippen molar-refractivity contribution in [1.82, 2.24) is 20.2 Å². The molecule has 8 nitrogen and oxygen atoms in total. The summed E-state index contributed by atoms with van der Waals surface area (Å²) in [5.41, 5.74) is 2.37. The van der Waals surface area contributed by atoms with Crippen LogP contribution < -0.4 is 15.0 Å². The number of rotatable bonds is 7. The number of carbonyl (C=O) groups is 1. The monoisotopic (exact) mass is 471 g/mol. The van der Waals surface area contributed by atoms with E-state index in [4.69, 9.17) is 4.74 Å². The van der Waals surface area contributed by atoms with E-state index in [0.29, 0.717) is 44.7 Å². The second-order valence-electron chi connectivity index (χ2n) is 9.47. The molecule has 0 saturated carbocycles. The first kappa shape index (κ1) is 24.3. The Bertz CT molecular complexity index is 1030. The van der Waals surface area contributed by atoms with Gasteiger partial charge in [0, 0.05) is 44.3 Å². The standard InChI is InChI=1S/C25H34FN5O3/c1-15(2)27-13-18(17-5-6-21(34-4)19(26)12-17)25(33)31-9-7-30(8-10-31)24-22-16(3)11-20(32)23(22)28-14-29-24/h5-6,12,14-16,18,20,27,32H,7-11,13H2,1-4H3/t16-,18?,20-/m1/s1. The number of hydrogen-bond acceptors (Lipinski definition) is 7. The van der Waals surface area contributed by atoms with Crippen LogP contribution >= 0.6 is 0 Å². The van der Waals surface area contributed by atoms with E-state index >= 15 is 0 Å². The van der Waals surface area contributed by atoms with Gasteiger partial charge in [0.25, 0.3) is 0 Å². The van der Waals surface area contributed by atoms with Crippen molar-refractivity contribution < 1.29 is 19.0 Å². The first-order valence-corrected chi connectivity index (χ1v) is 11.9. The van der Waals surface area contributed by atoms with E-state index in [9.17, 15) is 14.3 Å². The highest BCUT2D eigenvalue weighted by atomic mass is 19.1. The summed E-state index contributed by atoms with van der Waals surface area (Å²) in [6, 6.07) is 4.94. The smallest absolute Gasteiger partial charge is 0.231 e. The summed E-state index contributed by atoms with van der Waals surface area (Å²) >= 11 is 0. The number of aromatic nitrogens is 2. The van der Waals surface area contributed by atoms with E-state index in [1.165, 1.54) is 19.5 Å². The van der Waals surface area contributed by atoms with Gasteiger partial charge in [0.2, 0.25) is 5.91 Å². The molecule has 0 spiro atoms. The number of anilines is 1. The van der Waals surface area contributed by atoms with Gasteiger partial charge in [-0.1, -0.05) is 26.8 Å². The fraction of sp³-hybridized carbons (Fsp3) is 0.560. The Morgan fingerprint density at radius 1 is 1.26 bits per heavy atom. The molecule has 1 aliphatic carbocycles. The number of hydrogen-bond donors (Lipinski definition) is 2. The number of ether oxygens (including phenoxy) is 1. The van der Waals surface area contributed by atoms with Crippen LogP contribution in [0.15, 0.2) is 24.5 Å². The number of piperazine rings is 1. The minimum Gasteiger partial charge on any atom is -0.494 e. The zero-order valence-electron chi connectivity index (χ0n) is 20.3. The topological polar surface area (TPSA) is 90.8 Å². The number of amides is 1. The van der Waals surface area contributed by atoms with Gasteiger partial charge in [-0.05, 0) is 30.0 Å². The number of halogens is 1. The molecule has 184 valence electrons. The van der Waals surface area contributed by atoms with Crippen molar-refractivity contribution in [1.29, 1.82) is 0 Å². The number of nitrogens with one attached hydrogen (secondary N) is 1. The van der Waals surface area contributed by atoms with Crippen molar-refractivity contribution in [3.63, 3.8) is 0 Å². The average Bonchev–Trinajstić information content (AvgIpc) is 3.12. The van der Waals surface area contributed by atoms with Gasteiger partial charge in [-0.25, -0.2) is 14.4 Å². The van der Waals surface area contributed by atoms with E-state index < -0.39 is 17.8 Å². The quantitative estimate of drug-likeness (QED) is 0.641. The number of nitrogens with zero attached hydrogens (tertiary/aromatic N) is 4. The highest BCUT2D eigenvalue weighted by molar-refractivity contribution is 5.84. The fourth-order valence-corrected chi connectivity index (χ4v) is 4.91. The molecule has 2 aliphatic rings. The molecular formula is C25H34FN5O3. The van der Waals surface area contributed by atoms with Crippen LogP contribution in [0.1, 0.15) is 62.0 Å². The van der Waals surface area contributed by atoms with Crippen molar-refractivity contribution in [3.05, 3.63) is 47.2 Å². The summed E-state index contributed by atoms with van der Waals surface area (Å²) in [5.74, 6) is 0.230. The number of aliphatic hydroxyl groups is 1. The minimum absolute atomic E-state index is 0.0194. The molecule has 34 heavy (non-hydrogen) atoms. The zero-order chi connectivity index (χ0) is 24.4. The number of benzene rings is 1. The van der Waals surface area contributed by atoms with Crippen molar-refractivity contribution in [3.8, 4) is 5.75 Å². The summed E-state index contributed by atoms with van der Waals surface area (Å²) < 4.78 is 19.5. The number of aliphatic hydroxyl groups excluding tert-OH is 1. The molecule has 1 fully saturated rings. The van der Waals surface area contributed by atoms with E-state index in [2.05, 4.69) is 27.1 Å². The summed E-state index contributed by atoms with van der Waals surface area (Å²) in [5, 5.41) is 13.6. The first-order chi connectivity index (χ1) is 16.3. The molecule has 2 aromatic rings. The lowest BCUT2D eigenvalue weighted by molar-refractivity contribution is -0.133. The van der Waals surface area contributed by atoms with Crippen LogP contribution in [0.5, 0.6) is 5.75 Å². The second-order valence-corrected chi connectivity index (χ2v) is 9.47. The van der Waals surface area contributed by atoms with E-state index in [1.807, 2.05) is 18.7 Å². The Labute approximate surface area is 200 Å². The summed E-state index contributed by atoms with van der Waals surface area (Å²) in [7, 11) is 1.43. The summed E-state index contributed by atoms with van der Waals surface area (Å²) in [6.07, 6.45) is 1.62. The van der Waals surface area contributed by atoms with Crippen LogP contribution in [0.25, 0.3) is 0 Å². The predicted octanol–water partition coefficient (Wildman–Crippen LogP) is 2.60. The van der Waals surface area contributed by atoms with Crippen LogP contribution in [0.4, 0.5) is 10.2 Å². The molecule has 3 atom stereocenters.